The molecule has 0 bridgehead atoms. The van der Waals surface area contributed by atoms with Gasteiger partial charge in [-0.1, -0.05) is 73.4 Å². The second kappa shape index (κ2) is 11.2. The summed E-state index contributed by atoms with van der Waals surface area (Å²) in [6.45, 7) is 3.30. The standard InChI is InChI=1S/C31H24Cl2N4O5S2/c1-19(23-17-36(30-27(23)25(32)13-15-34-30)43(39,40)21-9-5-3-6-10-21)29(38)20(2)24-18-37(31-28(24)26(33)14-16-35-31)44(41,42)22-11-7-4-8-12-22/h3-20H,1-2H3. The number of ketones is 1. The predicted molar refractivity (Wildman–Crippen MR) is 169 cm³/mol. The van der Waals surface area contributed by atoms with Crippen LogP contribution in [0.4, 0.5) is 0 Å². The van der Waals surface area contributed by atoms with E-state index in [0.717, 1.165) is 7.94 Å². The third-order valence-electron chi connectivity index (χ3n) is 7.65. The minimum atomic E-state index is -4.08. The quantitative estimate of drug-likeness (QED) is 0.178. The number of hydrogen-bond donors (Lipinski definition) is 0. The van der Waals surface area contributed by atoms with Crippen LogP contribution in [0.25, 0.3) is 22.1 Å². The summed E-state index contributed by atoms with van der Waals surface area (Å²) in [5, 5.41) is 1.13. The molecule has 0 radical (unpaired) electrons. The number of benzene rings is 2. The van der Waals surface area contributed by atoms with Gasteiger partial charge in [-0.15, -0.1) is 0 Å². The van der Waals surface area contributed by atoms with Crippen LogP contribution >= 0.6 is 23.2 Å². The van der Waals surface area contributed by atoms with Gasteiger partial charge >= 0.3 is 0 Å². The Morgan fingerprint density at radius 2 is 1.00 bits per heavy atom. The highest BCUT2D eigenvalue weighted by Gasteiger charge is 2.33. The van der Waals surface area contributed by atoms with Crippen molar-refractivity contribution in [1.82, 2.24) is 17.9 Å². The van der Waals surface area contributed by atoms with Crippen LogP contribution in [0.2, 0.25) is 10.0 Å². The van der Waals surface area contributed by atoms with E-state index in [0.29, 0.717) is 21.9 Å². The van der Waals surface area contributed by atoms with Gasteiger partial charge in [0.2, 0.25) is 0 Å². The van der Waals surface area contributed by atoms with E-state index in [2.05, 4.69) is 9.97 Å². The average molecular weight is 668 g/mol. The fourth-order valence-corrected chi connectivity index (χ4v) is 8.54. The first-order valence-electron chi connectivity index (χ1n) is 13.4. The molecule has 9 nitrogen and oxygen atoms in total. The van der Waals surface area contributed by atoms with Gasteiger partial charge in [0.1, 0.15) is 5.78 Å². The smallest absolute Gasteiger partial charge is 0.269 e. The van der Waals surface area contributed by atoms with Gasteiger partial charge < -0.3 is 0 Å². The predicted octanol–water partition coefficient (Wildman–Crippen LogP) is 6.64. The molecule has 0 amide bonds. The van der Waals surface area contributed by atoms with Crippen LogP contribution in [0, 0.1) is 0 Å². The highest BCUT2D eigenvalue weighted by Crippen LogP contribution is 2.39. The van der Waals surface area contributed by atoms with Crippen LogP contribution in [-0.2, 0) is 24.8 Å². The molecule has 0 N–H and O–H groups in total. The van der Waals surface area contributed by atoms with Crippen molar-refractivity contribution in [3.8, 4) is 0 Å². The molecule has 0 aliphatic heterocycles. The monoisotopic (exact) mass is 666 g/mol. The lowest BCUT2D eigenvalue weighted by atomic mass is 9.86. The van der Waals surface area contributed by atoms with Crippen molar-refractivity contribution in [1.29, 1.82) is 0 Å². The number of fused-ring (bicyclic) bond motifs is 2. The SMILES string of the molecule is CC(C(=O)C(C)c1cn(S(=O)(=O)c2ccccc2)c2nccc(Cl)c12)c1cn(S(=O)(=O)c2ccccc2)c2nccc(Cl)c12. The number of nitrogens with zero attached hydrogens (tertiary/aromatic N) is 4. The first kappa shape index (κ1) is 30.0. The van der Waals surface area contributed by atoms with E-state index in [-0.39, 0.29) is 36.9 Å². The van der Waals surface area contributed by atoms with Gasteiger partial charge in [-0.25, -0.2) is 34.7 Å². The van der Waals surface area contributed by atoms with Gasteiger partial charge in [-0.3, -0.25) is 4.79 Å². The Labute approximate surface area is 263 Å². The summed E-state index contributed by atoms with van der Waals surface area (Å²) in [4.78, 5) is 22.9. The van der Waals surface area contributed by atoms with Crippen LogP contribution < -0.4 is 0 Å². The van der Waals surface area contributed by atoms with Crippen LogP contribution in [0.3, 0.4) is 0 Å². The molecule has 4 aromatic heterocycles. The lowest BCUT2D eigenvalue weighted by Crippen LogP contribution is -2.17. The molecule has 0 saturated carbocycles. The summed E-state index contributed by atoms with van der Waals surface area (Å²) in [6.07, 6.45) is 5.55. The average Bonchev–Trinajstić information content (AvgIpc) is 3.63. The summed E-state index contributed by atoms with van der Waals surface area (Å²) in [6, 6.07) is 18.8. The van der Waals surface area contributed by atoms with Crippen LogP contribution in [0.5, 0.6) is 0 Å². The molecule has 13 heteroatoms. The summed E-state index contributed by atoms with van der Waals surface area (Å²) in [7, 11) is -8.16. The molecule has 6 aromatic rings. The van der Waals surface area contributed by atoms with E-state index in [1.807, 2.05) is 0 Å². The van der Waals surface area contributed by atoms with Crippen molar-refractivity contribution in [2.45, 2.75) is 35.5 Å². The number of rotatable bonds is 8. The van der Waals surface area contributed by atoms with Crippen molar-refractivity contribution >= 4 is 71.1 Å². The maximum atomic E-state index is 14.2. The number of aromatic nitrogens is 4. The highest BCUT2D eigenvalue weighted by molar-refractivity contribution is 7.90. The number of halogens is 2. The Hall–Kier alpha value is -4.03. The summed E-state index contributed by atoms with van der Waals surface area (Å²) in [5.74, 6) is -2.07. The Kier molecular flexibility index (Phi) is 7.61. The van der Waals surface area contributed by atoms with Crippen molar-refractivity contribution in [3.05, 3.63) is 119 Å². The van der Waals surface area contributed by atoms with E-state index in [4.69, 9.17) is 23.2 Å². The third kappa shape index (κ3) is 4.80. The molecular formula is C31H24Cl2N4O5S2. The largest absolute Gasteiger partial charge is 0.298 e. The molecule has 2 unspecified atom stereocenters. The molecule has 0 spiro atoms. The van der Waals surface area contributed by atoms with Gasteiger partial charge in [-0.05, 0) is 47.5 Å². The van der Waals surface area contributed by atoms with Crippen molar-refractivity contribution in [3.63, 3.8) is 0 Å². The van der Waals surface area contributed by atoms with E-state index >= 15 is 0 Å². The molecule has 6 rings (SSSR count). The molecule has 4 heterocycles. The number of pyridine rings is 2. The molecule has 44 heavy (non-hydrogen) atoms. The number of hydrogen-bond acceptors (Lipinski definition) is 7. The van der Waals surface area contributed by atoms with E-state index in [9.17, 15) is 21.6 Å². The lowest BCUT2D eigenvalue weighted by molar-refractivity contribution is -0.121. The first-order valence-corrected chi connectivity index (χ1v) is 17.0. The molecule has 0 saturated heterocycles. The minimum absolute atomic E-state index is 0.0483. The van der Waals surface area contributed by atoms with Crippen molar-refractivity contribution in [2.75, 3.05) is 0 Å². The molecule has 0 aliphatic rings. The first-order chi connectivity index (χ1) is 20.9. The normalized spacial score (nSPS) is 13.7. The number of carbonyl (C=O) groups is 1. The fourth-order valence-electron chi connectivity index (χ4n) is 5.34. The Morgan fingerprint density at radius 3 is 1.36 bits per heavy atom. The fraction of sp³-hybridized carbons (Fsp3) is 0.129. The van der Waals surface area contributed by atoms with Crippen molar-refractivity contribution < 1.29 is 21.6 Å². The summed E-state index contributed by atoms with van der Waals surface area (Å²) < 4.78 is 56.6. The highest BCUT2D eigenvalue weighted by atomic mass is 35.5. The Balaban J connectivity index is 1.47. The Bertz CT molecular complexity index is 2120. The van der Waals surface area contributed by atoms with Crippen LogP contribution in [-0.4, -0.2) is 40.5 Å². The van der Waals surface area contributed by atoms with E-state index in [1.54, 1.807) is 50.2 Å². The molecule has 224 valence electrons. The lowest BCUT2D eigenvalue weighted by Gasteiger charge is -2.16. The maximum Gasteiger partial charge on any atom is 0.269 e. The summed E-state index contributed by atoms with van der Waals surface area (Å²) in [5.41, 5.74) is 0.890. The molecule has 0 fully saturated rings. The minimum Gasteiger partial charge on any atom is -0.298 e. The number of carbonyl (C=O) groups excluding carboxylic acids is 1. The Morgan fingerprint density at radius 1 is 0.636 bits per heavy atom. The summed E-state index contributed by atoms with van der Waals surface area (Å²) >= 11 is 13.1. The van der Waals surface area contributed by atoms with Gasteiger partial charge in [0, 0.05) is 47.4 Å². The number of Topliss-reactive ketones (excluding diaryl/α,β-unsaturated/α-hetero) is 1. The van der Waals surface area contributed by atoms with Gasteiger partial charge in [0.25, 0.3) is 20.0 Å². The molecule has 2 atom stereocenters. The zero-order valence-corrected chi connectivity index (χ0v) is 26.4. The second-order valence-electron chi connectivity index (χ2n) is 10.2. The van der Waals surface area contributed by atoms with Crippen molar-refractivity contribution in [2.24, 2.45) is 0 Å². The van der Waals surface area contributed by atoms with Gasteiger partial charge in [0.15, 0.2) is 11.3 Å². The zero-order chi connectivity index (χ0) is 31.4. The van der Waals surface area contributed by atoms with E-state index in [1.165, 1.54) is 61.2 Å². The topological polar surface area (TPSA) is 121 Å². The van der Waals surface area contributed by atoms with Crippen LogP contribution in [0.15, 0.2) is 107 Å². The van der Waals surface area contributed by atoms with Crippen LogP contribution in [0.1, 0.15) is 36.8 Å². The molecule has 2 aromatic carbocycles. The molecule has 0 aliphatic carbocycles. The second-order valence-corrected chi connectivity index (χ2v) is 14.7. The zero-order valence-electron chi connectivity index (χ0n) is 23.3. The van der Waals surface area contributed by atoms with Gasteiger partial charge in [0.05, 0.1) is 19.8 Å². The van der Waals surface area contributed by atoms with Gasteiger partial charge in [-0.2, -0.15) is 0 Å². The third-order valence-corrected chi connectivity index (χ3v) is 11.6. The van der Waals surface area contributed by atoms with E-state index < -0.39 is 31.9 Å². The molecular weight excluding hydrogens is 643 g/mol. The maximum absolute atomic E-state index is 14.2.